The standard InChI is InChI=1S/C18H26N2O3S/c1-14(2)16-7-4-15(5-8-16)6-9-18(21)20-12-10-17(11-13-20)19-24(3,22)23/h4-9,14,17,19H,10-13H2,1-3H3/b9-6+. The highest BCUT2D eigenvalue weighted by molar-refractivity contribution is 7.88. The van der Waals surface area contributed by atoms with Crippen LogP contribution in [0.5, 0.6) is 0 Å². The lowest BCUT2D eigenvalue weighted by Gasteiger charge is -2.31. The molecule has 1 aliphatic rings. The summed E-state index contributed by atoms with van der Waals surface area (Å²) in [5.41, 5.74) is 2.28. The maximum atomic E-state index is 12.2. The Morgan fingerprint density at radius 1 is 1.21 bits per heavy atom. The zero-order chi connectivity index (χ0) is 17.7. The van der Waals surface area contributed by atoms with Gasteiger partial charge in [0.2, 0.25) is 15.9 Å². The fourth-order valence-corrected chi connectivity index (χ4v) is 3.63. The van der Waals surface area contributed by atoms with Gasteiger partial charge in [0.05, 0.1) is 6.26 Å². The summed E-state index contributed by atoms with van der Waals surface area (Å²) in [6.45, 7) is 5.44. The van der Waals surface area contributed by atoms with Crippen molar-refractivity contribution in [2.75, 3.05) is 19.3 Å². The van der Waals surface area contributed by atoms with Gasteiger partial charge >= 0.3 is 0 Å². The van der Waals surface area contributed by atoms with Crippen LogP contribution in [0.2, 0.25) is 0 Å². The van der Waals surface area contributed by atoms with Crippen molar-refractivity contribution in [2.24, 2.45) is 0 Å². The first kappa shape index (κ1) is 18.7. The third-order valence-corrected chi connectivity index (χ3v) is 4.97. The number of hydrogen-bond acceptors (Lipinski definition) is 3. The smallest absolute Gasteiger partial charge is 0.246 e. The van der Waals surface area contributed by atoms with Gasteiger partial charge in [-0.2, -0.15) is 0 Å². The SMILES string of the molecule is CC(C)c1ccc(/C=C/C(=O)N2CCC(NS(C)(=O)=O)CC2)cc1. The van der Waals surface area contributed by atoms with Crippen LogP contribution in [0.3, 0.4) is 0 Å². The summed E-state index contributed by atoms with van der Waals surface area (Å²) >= 11 is 0. The predicted octanol–water partition coefficient (Wildman–Crippen LogP) is 2.36. The third kappa shape index (κ3) is 5.76. The lowest BCUT2D eigenvalue weighted by Crippen LogP contribution is -2.45. The first-order valence-corrected chi connectivity index (χ1v) is 10.2. The number of benzene rings is 1. The fraction of sp³-hybridized carbons (Fsp3) is 0.500. The minimum absolute atomic E-state index is 0.0271. The molecular weight excluding hydrogens is 324 g/mol. The highest BCUT2D eigenvalue weighted by atomic mass is 32.2. The minimum atomic E-state index is -3.18. The van der Waals surface area contributed by atoms with Gasteiger partial charge in [-0.1, -0.05) is 38.1 Å². The molecule has 0 aromatic heterocycles. The van der Waals surface area contributed by atoms with Crippen LogP contribution in [0.25, 0.3) is 6.08 Å². The van der Waals surface area contributed by atoms with Gasteiger partial charge in [-0.15, -0.1) is 0 Å². The Morgan fingerprint density at radius 3 is 2.29 bits per heavy atom. The Labute approximate surface area is 144 Å². The number of sulfonamides is 1. The van der Waals surface area contributed by atoms with Gasteiger partial charge in [-0.3, -0.25) is 4.79 Å². The summed E-state index contributed by atoms with van der Waals surface area (Å²) in [6, 6.07) is 8.12. The molecule has 0 spiro atoms. The topological polar surface area (TPSA) is 66.5 Å². The molecule has 1 amide bonds. The normalized spacial score (nSPS) is 16.9. The van der Waals surface area contributed by atoms with Gasteiger partial charge in [0.15, 0.2) is 0 Å². The van der Waals surface area contributed by atoms with E-state index in [0.29, 0.717) is 31.8 Å². The van der Waals surface area contributed by atoms with E-state index in [9.17, 15) is 13.2 Å². The Bertz CT molecular complexity index is 685. The second-order valence-corrected chi connectivity index (χ2v) is 8.42. The number of amides is 1. The number of carbonyl (C=O) groups excluding carboxylic acids is 1. The van der Waals surface area contributed by atoms with Crippen molar-refractivity contribution in [1.82, 2.24) is 9.62 Å². The summed E-state index contributed by atoms with van der Waals surface area (Å²) in [5, 5.41) is 0. The zero-order valence-corrected chi connectivity index (χ0v) is 15.3. The quantitative estimate of drug-likeness (QED) is 0.829. The Balaban J connectivity index is 1.87. The monoisotopic (exact) mass is 350 g/mol. The Hall–Kier alpha value is -1.66. The zero-order valence-electron chi connectivity index (χ0n) is 14.5. The molecule has 0 saturated carbocycles. The lowest BCUT2D eigenvalue weighted by atomic mass is 10.0. The van der Waals surface area contributed by atoms with Crippen molar-refractivity contribution in [1.29, 1.82) is 0 Å². The van der Waals surface area contributed by atoms with Crippen molar-refractivity contribution in [3.05, 3.63) is 41.5 Å². The van der Waals surface area contributed by atoms with Gasteiger partial charge in [-0.25, -0.2) is 13.1 Å². The highest BCUT2D eigenvalue weighted by Gasteiger charge is 2.23. The van der Waals surface area contributed by atoms with E-state index in [1.807, 2.05) is 18.2 Å². The van der Waals surface area contributed by atoms with Gasteiger partial charge in [-0.05, 0) is 36.0 Å². The number of hydrogen-bond donors (Lipinski definition) is 1. The van der Waals surface area contributed by atoms with E-state index in [4.69, 9.17) is 0 Å². The molecule has 1 heterocycles. The lowest BCUT2D eigenvalue weighted by molar-refractivity contribution is -0.126. The molecule has 2 rings (SSSR count). The van der Waals surface area contributed by atoms with Crippen LogP contribution in [0.1, 0.15) is 43.7 Å². The highest BCUT2D eigenvalue weighted by Crippen LogP contribution is 2.16. The second-order valence-electron chi connectivity index (χ2n) is 6.64. The molecule has 0 aliphatic carbocycles. The van der Waals surface area contributed by atoms with Crippen LogP contribution in [0.4, 0.5) is 0 Å². The minimum Gasteiger partial charge on any atom is -0.339 e. The van der Waals surface area contributed by atoms with E-state index in [0.717, 1.165) is 11.8 Å². The van der Waals surface area contributed by atoms with Crippen LogP contribution in [-0.4, -0.2) is 44.6 Å². The van der Waals surface area contributed by atoms with Crippen molar-refractivity contribution in [2.45, 2.75) is 38.6 Å². The van der Waals surface area contributed by atoms with Gasteiger partial charge in [0.25, 0.3) is 0 Å². The summed E-state index contributed by atoms with van der Waals surface area (Å²) in [5.74, 6) is 0.465. The molecule has 1 fully saturated rings. The van der Waals surface area contributed by atoms with Crippen LogP contribution >= 0.6 is 0 Å². The Morgan fingerprint density at radius 2 is 1.79 bits per heavy atom. The molecular formula is C18H26N2O3S. The third-order valence-electron chi connectivity index (χ3n) is 4.21. The van der Waals surface area contributed by atoms with E-state index < -0.39 is 10.0 Å². The Kier molecular flexibility index (Phi) is 6.18. The second kappa shape index (κ2) is 7.94. The van der Waals surface area contributed by atoms with Crippen molar-refractivity contribution in [3.8, 4) is 0 Å². The number of rotatable bonds is 5. The van der Waals surface area contributed by atoms with Crippen molar-refractivity contribution < 1.29 is 13.2 Å². The molecule has 1 saturated heterocycles. The largest absolute Gasteiger partial charge is 0.339 e. The van der Waals surface area contributed by atoms with Crippen LogP contribution in [0, 0.1) is 0 Å². The van der Waals surface area contributed by atoms with E-state index in [-0.39, 0.29) is 11.9 Å². The molecule has 1 aromatic carbocycles. The molecule has 0 radical (unpaired) electrons. The van der Waals surface area contributed by atoms with Crippen molar-refractivity contribution in [3.63, 3.8) is 0 Å². The predicted molar refractivity (Wildman–Crippen MR) is 97.1 cm³/mol. The average Bonchev–Trinajstić information content (AvgIpc) is 2.52. The number of likely N-dealkylation sites (tertiary alicyclic amines) is 1. The first-order chi connectivity index (χ1) is 11.2. The molecule has 1 aromatic rings. The van der Waals surface area contributed by atoms with E-state index in [1.54, 1.807) is 11.0 Å². The molecule has 24 heavy (non-hydrogen) atoms. The molecule has 1 N–H and O–H groups in total. The van der Waals surface area contributed by atoms with Crippen LogP contribution < -0.4 is 4.72 Å². The summed E-state index contributed by atoms with van der Waals surface area (Å²) < 4.78 is 25.1. The van der Waals surface area contributed by atoms with Crippen LogP contribution in [-0.2, 0) is 14.8 Å². The number of piperidine rings is 1. The van der Waals surface area contributed by atoms with E-state index >= 15 is 0 Å². The molecule has 0 unspecified atom stereocenters. The molecule has 6 heteroatoms. The maximum Gasteiger partial charge on any atom is 0.246 e. The van der Waals surface area contributed by atoms with Gasteiger partial charge < -0.3 is 4.90 Å². The molecule has 0 bridgehead atoms. The van der Waals surface area contributed by atoms with Crippen molar-refractivity contribution >= 4 is 22.0 Å². The summed E-state index contributed by atoms with van der Waals surface area (Å²) in [7, 11) is -3.18. The number of carbonyl (C=O) groups is 1. The number of nitrogens with zero attached hydrogens (tertiary/aromatic N) is 1. The van der Waals surface area contributed by atoms with Gasteiger partial charge in [0.1, 0.15) is 0 Å². The van der Waals surface area contributed by atoms with Crippen LogP contribution in [0.15, 0.2) is 30.3 Å². The van der Waals surface area contributed by atoms with Gasteiger partial charge in [0, 0.05) is 25.2 Å². The summed E-state index contributed by atoms with van der Waals surface area (Å²) in [6.07, 6.45) is 5.88. The molecule has 1 aliphatic heterocycles. The van der Waals surface area contributed by atoms with E-state index in [2.05, 4.69) is 30.7 Å². The average molecular weight is 350 g/mol. The molecule has 132 valence electrons. The maximum absolute atomic E-state index is 12.2. The number of nitrogens with one attached hydrogen (secondary N) is 1. The summed E-state index contributed by atoms with van der Waals surface area (Å²) in [4.78, 5) is 14.0. The first-order valence-electron chi connectivity index (χ1n) is 8.29. The fourth-order valence-electron chi connectivity index (χ4n) is 2.79. The molecule has 0 atom stereocenters. The van der Waals surface area contributed by atoms with E-state index in [1.165, 1.54) is 5.56 Å². The molecule has 5 nitrogen and oxygen atoms in total.